The summed E-state index contributed by atoms with van der Waals surface area (Å²) in [6.45, 7) is 3.88. The van der Waals surface area contributed by atoms with Crippen LogP contribution in [0.5, 0.6) is 0 Å². The molecule has 0 aliphatic carbocycles. The third-order valence-electron chi connectivity index (χ3n) is 2.26. The van der Waals surface area contributed by atoms with Gasteiger partial charge in [-0.1, -0.05) is 0 Å². The van der Waals surface area contributed by atoms with E-state index in [9.17, 15) is 0 Å². The number of methoxy groups -OCH3 is 1. The minimum absolute atomic E-state index is 0.0920. The smallest absolute Gasteiger partial charge is 0.0657 e. The predicted molar refractivity (Wildman–Crippen MR) is 40.4 cm³/mol. The highest BCUT2D eigenvalue weighted by Gasteiger charge is 2.34. The highest BCUT2D eigenvalue weighted by atomic mass is 16.5. The number of nitrogens with two attached hydrogens (primary N) is 1. The van der Waals surface area contributed by atoms with Gasteiger partial charge in [0.05, 0.1) is 12.1 Å². The summed E-state index contributed by atoms with van der Waals surface area (Å²) in [5.74, 6) is 5.75. The molecule has 0 aromatic rings. The van der Waals surface area contributed by atoms with Gasteiger partial charge in [0.2, 0.25) is 0 Å². The zero-order valence-corrected chi connectivity index (χ0v) is 6.76. The monoisotopic (exact) mass is 144 g/mol. The first-order valence-corrected chi connectivity index (χ1v) is 3.70. The molecule has 1 saturated heterocycles. The lowest BCUT2D eigenvalue weighted by Gasteiger charge is -2.30. The number of ether oxygens (including phenoxy) is 1. The zero-order valence-electron chi connectivity index (χ0n) is 6.76. The maximum atomic E-state index is 5.75. The molecule has 1 rings (SSSR count). The quantitative estimate of drug-likeness (QED) is 0.569. The van der Waals surface area contributed by atoms with Gasteiger partial charge in [-0.05, 0) is 19.8 Å². The lowest BCUT2D eigenvalue weighted by molar-refractivity contribution is 0.0505. The van der Waals surface area contributed by atoms with Crippen LogP contribution in [-0.2, 0) is 4.74 Å². The van der Waals surface area contributed by atoms with Crippen LogP contribution < -0.4 is 5.84 Å². The van der Waals surface area contributed by atoms with Crippen molar-refractivity contribution in [3.63, 3.8) is 0 Å². The van der Waals surface area contributed by atoms with Crippen molar-refractivity contribution >= 4 is 0 Å². The standard InChI is InChI=1S/C7H16N2O/c1-7(6-10-2)4-3-5-9(7)8/h3-6,8H2,1-2H3/t7-/m0/s1. The molecule has 1 aliphatic heterocycles. The molecule has 3 heteroatoms. The van der Waals surface area contributed by atoms with Crippen LogP contribution in [0.3, 0.4) is 0 Å². The summed E-state index contributed by atoms with van der Waals surface area (Å²) in [4.78, 5) is 0. The summed E-state index contributed by atoms with van der Waals surface area (Å²) in [5.41, 5.74) is 0.0920. The van der Waals surface area contributed by atoms with Gasteiger partial charge in [0.1, 0.15) is 0 Å². The molecule has 0 aromatic heterocycles. The van der Waals surface area contributed by atoms with E-state index in [0.717, 1.165) is 19.6 Å². The van der Waals surface area contributed by atoms with Crippen LogP contribution in [0, 0.1) is 0 Å². The highest BCUT2D eigenvalue weighted by molar-refractivity contribution is 4.88. The summed E-state index contributed by atoms with van der Waals surface area (Å²) in [6, 6.07) is 0. The van der Waals surface area contributed by atoms with E-state index in [1.807, 2.05) is 5.01 Å². The molecule has 0 spiro atoms. The third kappa shape index (κ3) is 1.31. The Morgan fingerprint density at radius 2 is 2.40 bits per heavy atom. The van der Waals surface area contributed by atoms with Crippen LogP contribution >= 0.6 is 0 Å². The van der Waals surface area contributed by atoms with Crippen molar-refractivity contribution in [2.24, 2.45) is 5.84 Å². The van der Waals surface area contributed by atoms with Gasteiger partial charge in [-0.3, -0.25) is 5.84 Å². The predicted octanol–water partition coefficient (Wildman–Crippen LogP) is 0.361. The Kier molecular flexibility index (Phi) is 2.28. The second-order valence-corrected chi connectivity index (χ2v) is 3.23. The molecular weight excluding hydrogens is 128 g/mol. The SMILES string of the molecule is COC[C@]1(C)CCCN1N. The van der Waals surface area contributed by atoms with E-state index in [1.54, 1.807) is 7.11 Å². The lowest BCUT2D eigenvalue weighted by atomic mass is 10.0. The molecule has 1 aliphatic rings. The Morgan fingerprint density at radius 1 is 1.70 bits per heavy atom. The maximum Gasteiger partial charge on any atom is 0.0657 e. The Morgan fingerprint density at radius 3 is 2.80 bits per heavy atom. The Hall–Kier alpha value is -0.120. The van der Waals surface area contributed by atoms with Gasteiger partial charge in [-0.2, -0.15) is 0 Å². The summed E-state index contributed by atoms with van der Waals surface area (Å²) in [6.07, 6.45) is 2.34. The topological polar surface area (TPSA) is 38.5 Å². The number of nitrogens with zero attached hydrogens (tertiary/aromatic N) is 1. The van der Waals surface area contributed by atoms with Crippen molar-refractivity contribution in [2.45, 2.75) is 25.3 Å². The molecular formula is C7H16N2O. The normalized spacial score (nSPS) is 35.1. The van der Waals surface area contributed by atoms with Crippen LogP contribution in [0.4, 0.5) is 0 Å². The fraction of sp³-hybridized carbons (Fsp3) is 1.00. The van der Waals surface area contributed by atoms with Gasteiger partial charge in [-0.15, -0.1) is 0 Å². The van der Waals surface area contributed by atoms with Gasteiger partial charge in [0.15, 0.2) is 0 Å². The number of hydrogen-bond acceptors (Lipinski definition) is 3. The largest absolute Gasteiger partial charge is 0.383 e. The molecule has 0 unspecified atom stereocenters. The number of hydrogen-bond donors (Lipinski definition) is 1. The third-order valence-corrected chi connectivity index (χ3v) is 2.26. The number of hydrazine groups is 1. The van der Waals surface area contributed by atoms with Gasteiger partial charge < -0.3 is 4.74 Å². The van der Waals surface area contributed by atoms with E-state index in [1.165, 1.54) is 6.42 Å². The molecule has 1 heterocycles. The minimum atomic E-state index is 0.0920. The van der Waals surface area contributed by atoms with Crippen molar-refractivity contribution in [2.75, 3.05) is 20.3 Å². The molecule has 0 radical (unpaired) electrons. The lowest BCUT2D eigenvalue weighted by Crippen LogP contribution is -2.48. The first-order chi connectivity index (χ1) is 4.69. The van der Waals surface area contributed by atoms with Crippen LogP contribution in [-0.4, -0.2) is 30.8 Å². The first kappa shape index (κ1) is 7.98. The van der Waals surface area contributed by atoms with Crippen molar-refractivity contribution in [3.05, 3.63) is 0 Å². The molecule has 2 N–H and O–H groups in total. The van der Waals surface area contributed by atoms with E-state index in [0.29, 0.717) is 0 Å². The molecule has 10 heavy (non-hydrogen) atoms. The van der Waals surface area contributed by atoms with Crippen molar-refractivity contribution in [1.82, 2.24) is 5.01 Å². The maximum absolute atomic E-state index is 5.75. The Labute approximate surface area is 62.1 Å². The van der Waals surface area contributed by atoms with E-state index < -0.39 is 0 Å². The zero-order chi connectivity index (χ0) is 7.61. The Balaban J connectivity index is 2.48. The first-order valence-electron chi connectivity index (χ1n) is 3.70. The molecule has 3 nitrogen and oxygen atoms in total. The average molecular weight is 144 g/mol. The van der Waals surface area contributed by atoms with E-state index in [4.69, 9.17) is 10.6 Å². The molecule has 0 amide bonds. The van der Waals surface area contributed by atoms with E-state index in [2.05, 4.69) is 6.92 Å². The van der Waals surface area contributed by atoms with E-state index in [-0.39, 0.29) is 5.54 Å². The molecule has 0 aromatic carbocycles. The molecule has 0 bridgehead atoms. The second kappa shape index (κ2) is 2.86. The minimum Gasteiger partial charge on any atom is -0.383 e. The number of rotatable bonds is 2. The van der Waals surface area contributed by atoms with Crippen LogP contribution in [0.1, 0.15) is 19.8 Å². The van der Waals surface area contributed by atoms with Crippen LogP contribution in [0.2, 0.25) is 0 Å². The van der Waals surface area contributed by atoms with Crippen molar-refractivity contribution in [1.29, 1.82) is 0 Å². The van der Waals surface area contributed by atoms with Crippen LogP contribution in [0.25, 0.3) is 0 Å². The van der Waals surface area contributed by atoms with E-state index >= 15 is 0 Å². The van der Waals surface area contributed by atoms with Gasteiger partial charge in [0.25, 0.3) is 0 Å². The van der Waals surface area contributed by atoms with Gasteiger partial charge in [0, 0.05) is 13.7 Å². The Bertz CT molecular complexity index is 118. The molecule has 1 fully saturated rings. The second-order valence-electron chi connectivity index (χ2n) is 3.23. The van der Waals surface area contributed by atoms with Crippen molar-refractivity contribution in [3.8, 4) is 0 Å². The molecule has 60 valence electrons. The summed E-state index contributed by atoms with van der Waals surface area (Å²) >= 11 is 0. The summed E-state index contributed by atoms with van der Waals surface area (Å²) in [5, 5.41) is 1.89. The fourth-order valence-electron chi connectivity index (χ4n) is 1.51. The molecule has 0 saturated carbocycles. The molecule has 1 atom stereocenters. The summed E-state index contributed by atoms with van der Waals surface area (Å²) in [7, 11) is 1.72. The van der Waals surface area contributed by atoms with Crippen molar-refractivity contribution < 1.29 is 4.74 Å². The average Bonchev–Trinajstić information content (AvgIpc) is 2.15. The fourth-order valence-corrected chi connectivity index (χ4v) is 1.51. The van der Waals surface area contributed by atoms with Gasteiger partial charge in [-0.25, -0.2) is 5.01 Å². The highest BCUT2D eigenvalue weighted by Crippen LogP contribution is 2.25. The summed E-state index contributed by atoms with van der Waals surface area (Å²) < 4.78 is 5.08. The van der Waals surface area contributed by atoms with Crippen LogP contribution in [0.15, 0.2) is 0 Å². The van der Waals surface area contributed by atoms with Gasteiger partial charge >= 0.3 is 0 Å².